The Labute approximate surface area is 274 Å². The van der Waals surface area contributed by atoms with E-state index in [-0.39, 0.29) is 43.9 Å². The molecule has 11 heteroatoms. The molecule has 0 saturated heterocycles. The van der Waals surface area contributed by atoms with Gasteiger partial charge < -0.3 is 25.4 Å². The third-order valence-corrected chi connectivity index (χ3v) is 8.40. The Morgan fingerprint density at radius 1 is 1.02 bits per heavy atom. The molecule has 0 fully saturated rings. The number of carbonyl (C=O) groups is 3. The third-order valence-electron chi connectivity index (χ3n) is 8.40. The van der Waals surface area contributed by atoms with Crippen molar-refractivity contribution in [1.82, 2.24) is 25.1 Å². The number of rotatable bonds is 17. The van der Waals surface area contributed by atoms with Crippen LogP contribution in [0.15, 0.2) is 79.3 Å². The van der Waals surface area contributed by atoms with Crippen LogP contribution in [0.5, 0.6) is 0 Å². The third kappa shape index (κ3) is 9.97. The maximum absolute atomic E-state index is 13.5. The smallest absolute Gasteiger partial charge is 0.326 e. The van der Waals surface area contributed by atoms with Gasteiger partial charge in [0.1, 0.15) is 6.04 Å². The fourth-order valence-electron chi connectivity index (χ4n) is 5.56. The van der Waals surface area contributed by atoms with Gasteiger partial charge in [0.25, 0.3) is 0 Å². The normalized spacial score (nSPS) is 13.1. The standard InChI is InChI=1S/C36H42N6O5/c1-3-25(2)33(40-34(44)17-30-19-38-24-42(30)20-27-13-11-26(18-37)12-14-27)22-41(23-35(45)39-32(15-16-43)36(46)47)21-29-9-6-8-28-7-4-5-10-31(28)29/h4-14,19,24-25,32-33,43H,3,15-17,20-23H2,1-2H3,(H,39,45)(H,40,44)(H,46,47)/t25-,32-,33+/m0/s1. The van der Waals surface area contributed by atoms with Gasteiger partial charge >= 0.3 is 5.97 Å². The molecule has 0 aliphatic rings. The van der Waals surface area contributed by atoms with E-state index in [2.05, 4.69) is 28.6 Å². The molecular formula is C36H42N6O5. The van der Waals surface area contributed by atoms with E-state index in [9.17, 15) is 24.6 Å². The molecule has 246 valence electrons. The van der Waals surface area contributed by atoms with Crippen molar-refractivity contribution in [3.05, 3.63) is 102 Å². The van der Waals surface area contributed by atoms with Gasteiger partial charge in [-0.25, -0.2) is 9.78 Å². The van der Waals surface area contributed by atoms with Crippen molar-refractivity contribution < 1.29 is 24.6 Å². The number of aliphatic carboxylic acids is 1. The first-order chi connectivity index (χ1) is 22.7. The number of nitriles is 1. The van der Waals surface area contributed by atoms with Gasteiger partial charge in [0.05, 0.1) is 30.9 Å². The van der Waals surface area contributed by atoms with Gasteiger partial charge in [0, 0.05) is 50.6 Å². The van der Waals surface area contributed by atoms with Crippen LogP contribution in [-0.2, 0) is 33.9 Å². The van der Waals surface area contributed by atoms with Crippen molar-refractivity contribution >= 4 is 28.6 Å². The summed E-state index contributed by atoms with van der Waals surface area (Å²) in [7, 11) is 0. The van der Waals surface area contributed by atoms with E-state index in [1.165, 1.54) is 0 Å². The highest BCUT2D eigenvalue weighted by molar-refractivity contribution is 5.86. The lowest BCUT2D eigenvalue weighted by molar-refractivity contribution is -0.142. The number of nitrogens with one attached hydrogen (secondary N) is 2. The monoisotopic (exact) mass is 638 g/mol. The Morgan fingerprint density at radius 2 is 1.77 bits per heavy atom. The number of aliphatic hydroxyl groups excluding tert-OH is 1. The van der Waals surface area contributed by atoms with Crippen LogP contribution < -0.4 is 10.6 Å². The number of hydrogen-bond donors (Lipinski definition) is 4. The summed E-state index contributed by atoms with van der Waals surface area (Å²) >= 11 is 0. The second kappa shape index (κ2) is 17.0. The maximum Gasteiger partial charge on any atom is 0.326 e. The van der Waals surface area contributed by atoms with Crippen molar-refractivity contribution in [2.24, 2.45) is 5.92 Å². The molecule has 4 aromatic rings. The molecular weight excluding hydrogens is 596 g/mol. The van der Waals surface area contributed by atoms with Crippen LogP contribution in [0.2, 0.25) is 0 Å². The number of carboxylic acid groups (broad SMARTS) is 1. The average molecular weight is 639 g/mol. The molecule has 47 heavy (non-hydrogen) atoms. The zero-order valence-electron chi connectivity index (χ0n) is 26.8. The molecule has 0 unspecified atom stereocenters. The zero-order chi connectivity index (χ0) is 33.8. The zero-order valence-corrected chi connectivity index (χ0v) is 26.8. The largest absolute Gasteiger partial charge is 0.480 e. The van der Waals surface area contributed by atoms with Crippen LogP contribution in [0, 0.1) is 17.2 Å². The molecule has 4 rings (SSSR count). The molecule has 11 nitrogen and oxygen atoms in total. The van der Waals surface area contributed by atoms with Crippen LogP contribution in [0.1, 0.15) is 49.1 Å². The molecule has 0 aliphatic carbocycles. The van der Waals surface area contributed by atoms with Gasteiger partial charge in [0.15, 0.2) is 0 Å². The number of imidazole rings is 1. The predicted octanol–water partition coefficient (Wildman–Crippen LogP) is 3.48. The highest BCUT2D eigenvalue weighted by atomic mass is 16.4. The lowest BCUT2D eigenvalue weighted by atomic mass is 9.97. The molecule has 2 amide bonds. The van der Waals surface area contributed by atoms with Gasteiger partial charge in [-0.05, 0) is 39.9 Å². The Hall–Kier alpha value is -5.05. The van der Waals surface area contributed by atoms with Crippen molar-refractivity contribution in [2.75, 3.05) is 19.7 Å². The molecule has 0 radical (unpaired) electrons. The lowest BCUT2D eigenvalue weighted by Crippen LogP contribution is -2.51. The molecule has 3 atom stereocenters. The summed E-state index contributed by atoms with van der Waals surface area (Å²) < 4.78 is 1.90. The number of nitrogens with zero attached hydrogens (tertiary/aromatic N) is 4. The van der Waals surface area contributed by atoms with Gasteiger partial charge in [-0.1, -0.05) is 74.9 Å². The van der Waals surface area contributed by atoms with Crippen LogP contribution >= 0.6 is 0 Å². The quantitative estimate of drug-likeness (QED) is 0.137. The summed E-state index contributed by atoms with van der Waals surface area (Å²) in [4.78, 5) is 44.5. The highest BCUT2D eigenvalue weighted by Crippen LogP contribution is 2.21. The maximum atomic E-state index is 13.5. The topological polar surface area (TPSA) is 161 Å². The minimum atomic E-state index is -1.21. The summed E-state index contributed by atoms with van der Waals surface area (Å²) in [5, 5.41) is 35.7. The number of carbonyl (C=O) groups excluding carboxylic acids is 2. The number of fused-ring (bicyclic) bond motifs is 1. The van der Waals surface area contributed by atoms with E-state index in [4.69, 9.17) is 5.26 Å². The fourth-order valence-corrected chi connectivity index (χ4v) is 5.56. The van der Waals surface area contributed by atoms with Crippen LogP contribution in [0.25, 0.3) is 10.8 Å². The summed E-state index contributed by atoms with van der Waals surface area (Å²) in [5.41, 5.74) is 3.30. The summed E-state index contributed by atoms with van der Waals surface area (Å²) in [6.07, 6.45) is 4.14. The van der Waals surface area contributed by atoms with Crippen molar-refractivity contribution in [3.63, 3.8) is 0 Å². The first-order valence-corrected chi connectivity index (χ1v) is 15.8. The van der Waals surface area contributed by atoms with Crippen LogP contribution in [-0.4, -0.2) is 74.2 Å². The number of benzene rings is 3. The van der Waals surface area contributed by atoms with E-state index in [0.717, 1.165) is 34.0 Å². The van der Waals surface area contributed by atoms with E-state index in [0.29, 0.717) is 25.2 Å². The number of carboxylic acids is 1. The second-order valence-electron chi connectivity index (χ2n) is 11.8. The molecule has 1 aromatic heterocycles. The van der Waals surface area contributed by atoms with E-state index < -0.39 is 17.9 Å². The Balaban J connectivity index is 1.52. The highest BCUT2D eigenvalue weighted by Gasteiger charge is 2.26. The summed E-state index contributed by atoms with van der Waals surface area (Å²) in [6.45, 7) is 4.88. The molecule has 0 bridgehead atoms. The molecule has 0 saturated carbocycles. The van der Waals surface area contributed by atoms with Crippen molar-refractivity contribution in [3.8, 4) is 6.07 Å². The summed E-state index contributed by atoms with van der Waals surface area (Å²) in [5.74, 6) is -1.80. The first kappa shape index (κ1) is 34.8. The Morgan fingerprint density at radius 3 is 2.47 bits per heavy atom. The number of amides is 2. The molecule has 1 heterocycles. The first-order valence-electron chi connectivity index (χ1n) is 15.8. The van der Waals surface area contributed by atoms with Gasteiger partial charge in [0.2, 0.25) is 11.8 Å². The Bertz CT molecular complexity index is 1690. The SMILES string of the molecule is CC[C@H](C)[C@@H](CN(CC(=O)N[C@@H](CCO)C(=O)O)Cc1cccc2ccccc12)NC(=O)Cc1cncn1Cc1ccc(C#N)cc1. The second-order valence-corrected chi connectivity index (χ2v) is 11.8. The minimum Gasteiger partial charge on any atom is -0.480 e. The molecule has 4 N–H and O–H groups in total. The van der Waals surface area contributed by atoms with Crippen molar-refractivity contribution in [2.45, 2.75) is 58.3 Å². The average Bonchev–Trinajstić information content (AvgIpc) is 3.49. The molecule has 0 spiro atoms. The van der Waals surface area contributed by atoms with Gasteiger partial charge in [-0.3, -0.25) is 14.5 Å². The van der Waals surface area contributed by atoms with Gasteiger partial charge in [-0.2, -0.15) is 5.26 Å². The number of aliphatic hydroxyl groups is 1. The van der Waals surface area contributed by atoms with Crippen LogP contribution in [0.3, 0.4) is 0 Å². The summed E-state index contributed by atoms with van der Waals surface area (Å²) in [6, 6.07) is 21.9. The van der Waals surface area contributed by atoms with E-state index >= 15 is 0 Å². The number of hydrogen-bond acceptors (Lipinski definition) is 7. The fraction of sp³-hybridized carbons (Fsp3) is 0.361. The predicted molar refractivity (Wildman–Crippen MR) is 178 cm³/mol. The Kier molecular flexibility index (Phi) is 12.6. The van der Waals surface area contributed by atoms with E-state index in [1.807, 2.05) is 71.0 Å². The van der Waals surface area contributed by atoms with Crippen LogP contribution in [0.4, 0.5) is 0 Å². The van der Waals surface area contributed by atoms with Crippen molar-refractivity contribution in [1.29, 1.82) is 5.26 Å². The molecule has 3 aromatic carbocycles. The lowest BCUT2D eigenvalue weighted by Gasteiger charge is -2.31. The molecule has 0 aliphatic heterocycles. The minimum absolute atomic E-state index is 0.0711. The van der Waals surface area contributed by atoms with Gasteiger partial charge in [-0.15, -0.1) is 0 Å². The number of aromatic nitrogens is 2. The van der Waals surface area contributed by atoms with E-state index in [1.54, 1.807) is 24.7 Å².